The van der Waals surface area contributed by atoms with E-state index in [0.29, 0.717) is 42.5 Å². The van der Waals surface area contributed by atoms with Crippen molar-refractivity contribution in [1.82, 2.24) is 14.5 Å². The molecular formula is C28H22ClN5O4S3. The number of fused-ring (bicyclic) bond motifs is 3. The van der Waals surface area contributed by atoms with E-state index in [0.717, 1.165) is 36.8 Å². The summed E-state index contributed by atoms with van der Waals surface area (Å²) in [5.41, 5.74) is 3.42. The van der Waals surface area contributed by atoms with Crippen LogP contribution in [0.25, 0.3) is 27.2 Å². The number of amides is 1. The molecule has 0 saturated heterocycles. The Labute approximate surface area is 251 Å². The van der Waals surface area contributed by atoms with Crippen LogP contribution in [0.5, 0.6) is 0 Å². The van der Waals surface area contributed by atoms with E-state index in [1.54, 1.807) is 45.5 Å². The number of aryl methyl sites for hydroxylation is 2. The van der Waals surface area contributed by atoms with Crippen molar-refractivity contribution >= 4 is 73.0 Å². The lowest BCUT2D eigenvalue weighted by Crippen LogP contribution is -2.24. The summed E-state index contributed by atoms with van der Waals surface area (Å²) in [6, 6.07) is 11.6. The van der Waals surface area contributed by atoms with E-state index in [4.69, 9.17) is 16.6 Å². The molecule has 3 heterocycles. The van der Waals surface area contributed by atoms with Crippen molar-refractivity contribution in [3.05, 3.63) is 89.3 Å². The summed E-state index contributed by atoms with van der Waals surface area (Å²) in [5.74, 6) is -0.321. The lowest BCUT2D eigenvalue weighted by Gasteiger charge is -2.15. The van der Waals surface area contributed by atoms with Gasteiger partial charge in [0.2, 0.25) is 5.91 Å². The molecule has 1 N–H and O–H groups in total. The van der Waals surface area contributed by atoms with Gasteiger partial charge in [-0.1, -0.05) is 41.6 Å². The molecule has 1 amide bonds. The summed E-state index contributed by atoms with van der Waals surface area (Å²) in [4.78, 5) is 48.8. The van der Waals surface area contributed by atoms with Gasteiger partial charge in [0, 0.05) is 33.0 Å². The van der Waals surface area contributed by atoms with Crippen molar-refractivity contribution in [2.24, 2.45) is 0 Å². The Balaban J connectivity index is 1.28. The zero-order chi connectivity index (χ0) is 28.7. The SMILES string of the molecule is Cc1c(Cl)cccc1-n1c(SCC(=O)Nc2nc(-c3cccc([N+](=O)[O-])c3)cs2)nc2sc3c(c2c1=O)CCCC3. The number of aromatic nitrogens is 3. The van der Waals surface area contributed by atoms with Crippen molar-refractivity contribution in [2.75, 3.05) is 11.1 Å². The molecule has 41 heavy (non-hydrogen) atoms. The van der Waals surface area contributed by atoms with Crippen molar-refractivity contribution in [3.8, 4) is 16.9 Å². The fourth-order valence-corrected chi connectivity index (χ4v) is 7.88. The molecule has 3 aromatic heterocycles. The minimum atomic E-state index is -0.461. The number of carbonyl (C=O) groups excluding carboxylic acids is 1. The molecular weight excluding hydrogens is 602 g/mol. The maximum Gasteiger partial charge on any atom is 0.270 e. The van der Waals surface area contributed by atoms with Crippen LogP contribution in [0.1, 0.15) is 28.8 Å². The number of thiazole rings is 1. The molecule has 13 heteroatoms. The van der Waals surface area contributed by atoms with Crippen molar-refractivity contribution in [2.45, 2.75) is 37.8 Å². The van der Waals surface area contributed by atoms with E-state index in [9.17, 15) is 19.7 Å². The van der Waals surface area contributed by atoms with Crippen LogP contribution in [0.15, 0.2) is 57.8 Å². The van der Waals surface area contributed by atoms with Crippen molar-refractivity contribution in [1.29, 1.82) is 0 Å². The molecule has 208 valence electrons. The van der Waals surface area contributed by atoms with Gasteiger partial charge in [0.15, 0.2) is 10.3 Å². The Morgan fingerprint density at radius 3 is 2.83 bits per heavy atom. The second-order valence-corrected chi connectivity index (χ2v) is 12.8. The first-order valence-corrected chi connectivity index (χ1v) is 15.8. The predicted octanol–water partition coefficient (Wildman–Crippen LogP) is 7.05. The van der Waals surface area contributed by atoms with Crippen LogP contribution < -0.4 is 10.9 Å². The minimum absolute atomic E-state index is 0.00558. The summed E-state index contributed by atoms with van der Waals surface area (Å²) in [7, 11) is 0. The summed E-state index contributed by atoms with van der Waals surface area (Å²) >= 11 is 10.4. The second-order valence-electron chi connectivity index (χ2n) is 9.49. The van der Waals surface area contributed by atoms with E-state index >= 15 is 0 Å². The van der Waals surface area contributed by atoms with E-state index in [1.165, 1.54) is 40.1 Å². The number of halogens is 1. The Hall–Kier alpha value is -3.58. The highest BCUT2D eigenvalue weighted by molar-refractivity contribution is 7.99. The van der Waals surface area contributed by atoms with Crippen LogP contribution in [-0.4, -0.2) is 31.1 Å². The number of rotatable bonds is 7. The average Bonchev–Trinajstić information content (AvgIpc) is 3.58. The lowest BCUT2D eigenvalue weighted by molar-refractivity contribution is -0.384. The number of hydrogen-bond donors (Lipinski definition) is 1. The van der Waals surface area contributed by atoms with Crippen molar-refractivity contribution in [3.63, 3.8) is 0 Å². The fourth-order valence-electron chi connectivity index (χ4n) is 4.86. The maximum atomic E-state index is 14.0. The predicted molar refractivity (Wildman–Crippen MR) is 165 cm³/mol. The van der Waals surface area contributed by atoms with Gasteiger partial charge in [0.25, 0.3) is 11.2 Å². The highest BCUT2D eigenvalue weighted by Gasteiger charge is 2.24. The highest BCUT2D eigenvalue weighted by atomic mass is 35.5. The molecule has 0 saturated carbocycles. The molecule has 5 aromatic rings. The smallest absolute Gasteiger partial charge is 0.270 e. The number of nitro benzene ring substituents is 1. The number of anilines is 1. The summed E-state index contributed by atoms with van der Waals surface area (Å²) in [6.45, 7) is 1.86. The number of nitrogens with one attached hydrogen (secondary N) is 1. The highest BCUT2D eigenvalue weighted by Crippen LogP contribution is 2.36. The molecule has 9 nitrogen and oxygen atoms in total. The molecule has 2 aromatic carbocycles. The molecule has 0 unspecified atom stereocenters. The van der Waals surface area contributed by atoms with Gasteiger partial charge >= 0.3 is 0 Å². The molecule has 0 bridgehead atoms. The summed E-state index contributed by atoms with van der Waals surface area (Å²) < 4.78 is 1.58. The number of hydrogen-bond acceptors (Lipinski definition) is 9. The fraction of sp³-hybridized carbons (Fsp3) is 0.214. The first-order valence-electron chi connectivity index (χ1n) is 12.8. The van der Waals surface area contributed by atoms with Gasteiger partial charge in [-0.2, -0.15) is 0 Å². The van der Waals surface area contributed by atoms with Crippen molar-refractivity contribution < 1.29 is 9.72 Å². The normalized spacial score (nSPS) is 12.8. The minimum Gasteiger partial charge on any atom is -0.301 e. The molecule has 0 spiro atoms. The molecule has 0 radical (unpaired) electrons. The first-order chi connectivity index (χ1) is 19.8. The third-order valence-corrected chi connectivity index (χ3v) is 10.2. The molecule has 1 aliphatic carbocycles. The topological polar surface area (TPSA) is 120 Å². The number of benzene rings is 2. The van der Waals surface area contributed by atoms with Gasteiger partial charge in [-0.3, -0.25) is 24.3 Å². The number of thioether (sulfide) groups is 1. The van der Waals surface area contributed by atoms with E-state index in [1.807, 2.05) is 13.0 Å². The van der Waals surface area contributed by atoms with Gasteiger partial charge in [-0.15, -0.1) is 22.7 Å². The maximum absolute atomic E-state index is 14.0. The van der Waals surface area contributed by atoms with Crippen LogP contribution in [0, 0.1) is 17.0 Å². The molecule has 0 atom stereocenters. The number of nitro groups is 1. The van der Waals surface area contributed by atoms with E-state index < -0.39 is 4.92 Å². The summed E-state index contributed by atoms with van der Waals surface area (Å²) in [5, 5.41) is 17.6. The van der Waals surface area contributed by atoms with Crippen LogP contribution in [0.3, 0.4) is 0 Å². The third kappa shape index (κ3) is 5.40. The van der Waals surface area contributed by atoms with E-state index in [2.05, 4.69) is 10.3 Å². The van der Waals surface area contributed by atoms with Gasteiger partial charge in [0.1, 0.15) is 4.83 Å². The zero-order valence-corrected chi connectivity index (χ0v) is 24.9. The van der Waals surface area contributed by atoms with Crippen LogP contribution in [-0.2, 0) is 17.6 Å². The largest absolute Gasteiger partial charge is 0.301 e. The van der Waals surface area contributed by atoms with Crippen LogP contribution in [0.2, 0.25) is 5.02 Å². The third-order valence-electron chi connectivity index (χ3n) is 6.87. The Bertz CT molecular complexity index is 1900. The van der Waals surface area contributed by atoms with Gasteiger partial charge in [-0.25, -0.2) is 9.97 Å². The standard InChI is InChI=1S/C28H22ClN5O4S3/c1-15-19(29)9-5-10-21(15)33-26(36)24-18-8-2-3-11-22(18)41-25(24)32-28(33)40-14-23(35)31-27-30-20(13-39-27)16-6-4-7-17(12-16)34(37)38/h4-7,9-10,12-13H,2-3,8,11,14H2,1H3,(H,30,31,35). The monoisotopic (exact) mass is 623 g/mol. The Morgan fingerprint density at radius 1 is 1.20 bits per heavy atom. The van der Waals surface area contributed by atoms with Crippen LogP contribution in [0.4, 0.5) is 10.8 Å². The molecule has 1 aliphatic rings. The molecule has 6 rings (SSSR count). The van der Waals surface area contributed by atoms with Gasteiger partial charge in [0.05, 0.1) is 27.4 Å². The first kappa shape index (κ1) is 27.6. The zero-order valence-electron chi connectivity index (χ0n) is 21.7. The number of non-ortho nitro benzene ring substituents is 1. The Kier molecular flexibility index (Phi) is 7.64. The van der Waals surface area contributed by atoms with E-state index in [-0.39, 0.29) is 22.9 Å². The average molecular weight is 624 g/mol. The lowest BCUT2D eigenvalue weighted by atomic mass is 9.97. The second kappa shape index (κ2) is 11.4. The van der Waals surface area contributed by atoms with Gasteiger partial charge in [-0.05, 0) is 55.9 Å². The summed E-state index contributed by atoms with van der Waals surface area (Å²) in [6.07, 6.45) is 3.96. The molecule has 0 aliphatic heterocycles. The Morgan fingerprint density at radius 2 is 2.00 bits per heavy atom. The van der Waals surface area contributed by atoms with Crippen LogP contribution >= 0.6 is 46.0 Å². The molecule has 0 fully saturated rings. The quantitative estimate of drug-likeness (QED) is 0.0892. The number of nitrogens with zero attached hydrogens (tertiary/aromatic N) is 4. The number of thiophene rings is 1. The van der Waals surface area contributed by atoms with Gasteiger partial charge < -0.3 is 5.32 Å². The number of carbonyl (C=O) groups is 1.